The van der Waals surface area contributed by atoms with Gasteiger partial charge in [0.25, 0.3) is 0 Å². The van der Waals surface area contributed by atoms with Crippen LogP contribution in [-0.4, -0.2) is 56.5 Å². The Morgan fingerprint density at radius 2 is 2.04 bits per heavy atom. The van der Waals surface area contributed by atoms with Gasteiger partial charge in [-0.1, -0.05) is 6.07 Å². The van der Waals surface area contributed by atoms with Crippen molar-refractivity contribution in [2.45, 2.75) is 19.4 Å². The molecule has 1 aromatic rings. The van der Waals surface area contributed by atoms with E-state index < -0.39 is 9.84 Å². The maximum absolute atomic E-state index is 12.4. The van der Waals surface area contributed by atoms with Crippen LogP contribution in [-0.2, 0) is 14.6 Å². The topological polar surface area (TPSA) is 72.9 Å². The number of hydrogen-bond acceptors (Lipinski definition) is 5. The molecule has 0 radical (unpaired) electrons. The highest BCUT2D eigenvalue weighted by molar-refractivity contribution is 7.91. The molecule has 0 N–H and O–H groups in total. The van der Waals surface area contributed by atoms with Crippen LogP contribution < -0.4 is 9.47 Å². The molecule has 0 saturated carbocycles. The van der Waals surface area contributed by atoms with Crippen molar-refractivity contribution in [2.75, 3.05) is 31.3 Å². The Morgan fingerprint density at radius 1 is 1.29 bits per heavy atom. The smallest absolute Gasteiger partial charge is 0.246 e. The quantitative estimate of drug-likeness (QED) is 0.769. The summed E-state index contributed by atoms with van der Waals surface area (Å²) in [5, 5.41) is 0. The van der Waals surface area contributed by atoms with E-state index >= 15 is 0 Å². The predicted octanol–water partition coefficient (Wildman–Crippen LogP) is 1.51. The second kappa shape index (κ2) is 6.84. The van der Waals surface area contributed by atoms with Gasteiger partial charge in [0.1, 0.15) is 13.2 Å². The number of carbonyl (C=O) groups excluding carboxylic acids is 1. The van der Waals surface area contributed by atoms with Crippen LogP contribution in [0.1, 0.15) is 18.9 Å². The van der Waals surface area contributed by atoms with E-state index in [4.69, 9.17) is 9.47 Å². The Labute approximate surface area is 142 Å². The maximum atomic E-state index is 12.4. The summed E-state index contributed by atoms with van der Waals surface area (Å²) in [5.41, 5.74) is 0.836. The third-order valence-electron chi connectivity index (χ3n) is 4.26. The highest BCUT2D eigenvalue weighted by Crippen LogP contribution is 2.31. The molecular weight excluding hydrogens is 330 g/mol. The monoisotopic (exact) mass is 351 g/mol. The van der Waals surface area contributed by atoms with Gasteiger partial charge >= 0.3 is 0 Å². The number of benzene rings is 1. The van der Waals surface area contributed by atoms with Gasteiger partial charge in [0.05, 0.1) is 11.5 Å². The lowest BCUT2D eigenvalue weighted by Crippen LogP contribution is -2.40. The second-order valence-electron chi connectivity index (χ2n) is 5.92. The lowest BCUT2D eigenvalue weighted by atomic mass is 10.1. The van der Waals surface area contributed by atoms with Crippen molar-refractivity contribution < 1.29 is 22.7 Å². The molecule has 1 fully saturated rings. The van der Waals surface area contributed by atoms with Gasteiger partial charge in [0, 0.05) is 18.7 Å². The SMILES string of the molecule is CCN(C(=O)/C=C/c1ccc2c(c1)OCCO2)C1CCS(=O)(=O)C1. The lowest BCUT2D eigenvalue weighted by molar-refractivity contribution is -0.127. The van der Waals surface area contributed by atoms with E-state index in [2.05, 4.69) is 0 Å². The van der Waals surface area contributed by atoms with Crippen molar-refractivity contribution in [3.63, 3.8) is 0 Å². The zero-order valence-electron chi connectivity index (χ0n) is 13.6. The zero-order valence-corrected chi connectivity index (χ0v) is 14.4. The third-order valence-corrected chi connectivity index (χ3v) is 6.01. The molecule has 1 aromatic carbocycles. The summed E-state index contributed by atoms with van der Waals surface area (Å²) < 4.78 is 34.2. The molecule has 1 amide bonds. The maximum Gasteiger partial charge on any atom is 0.246 e. The molecule has 0 aliphatic carbocycles. The number of hydrogen-bond donors (Lipinski definition) is 0. The molecule has 0 aromatic heterocycles. The summed E-state index contributed by atoms with van der Waals surface area (Å²) in [6.07, 6.45) is 3.71. The number of ether oxygens (including phenoxy) is 2. The first-order chi connectivity index (χ1) is 11.5. The van der Waals surface area contributed by atoms with Crippen LogP contribution in [0.4, 0.5) is 0 Å². The first-order valence-electron chi connectivity index (χ1n) is 8.07. The Hall–Kier alpha value is -2.02. The van der Waals surface area contributed by atoms with Crippen LogP contribution in [0, 0.1) is 0 Å². The number of amides is 1. The van der Waals surface area contributed by atoms with Crippen LogP contribution in [0.3, 0.4) is 0 Å². The van der Waals surface area contributed by atoms with Crippen LogP contribution in [0.5, 0.6) is 11.5 Å². The Kier molecular flexibility index (Phi) is 4.80. The van der Waals surface area contributed by atoms with Crippen LogP contribution in [0.25, 0.3) is 6.08 Å². The fourth-order valence-corrected chi connectivity index (χ4v) is 4.77. The van der Waals surface area contributed by atoms with Crippen LogP contribution in [0.15, 0.2) is 24.3 Å². The highest BCUT2D eigenvalue weighted by atomic mass is 32.2. The first kappa shape index (κ1) is 16.8. The average molecular weight is 351 g/mol. The van der Waals surface area contributed by atoms with Crippen LogP contribution >= 0.6 is 0 Å². The van der Waals surface area contributed by atoms with Gasteiger partial charge in [0.2, 0.25) is 5.91 Å². The molecule has 0 bridgehead atoms. The van der Waals surface area contributed by atoms with Crippen molar-refractivity contribution in [1.82, 2.24) is 4.90 Å². The summed E-state index contributed by atoms with van der Waals surface area (Å²) in [6.45, 7) is 3.40. The molecule has 1 atom stereocenters. The molecule has 2 aliphatic heterocycles. The number of likely N-dealkylation sites (N-methyl/N-ethyl adjacent to an activating group) is 1. The molecule has 1 unspecified atom stereocenters. The van der Waals surface area contributed by atoms with Gasteiger partial charge < -0.3 is 14.4 Å². The van der Waals surface area contributed by atoms with E-state index in [0.29, 0.717) is 37.7 Å². The van der Waals surface area contributed by atoms with Crippen molar-refractivity contribution in [2.24, 2.45) is 0 Å². The zero-order chi connectivity index (χ0) is 17.2. The first-order valence-corrected chi connectivity index (χ1v) is 9.89. The van der Waals surface area contributed by atoms with E-state index in [1.165, 1.54) is 6.08 Å². The molecule has 24 heavy (non-hydrogen) atoms. The van der Waals surface area contributed by atoms with E-state index in [-0.39, 0.29) is 23.5 Å². The van der Waals surface area contributed by atoms with Crippen molar-refractivity contribution >= 4 is 21.8 Å². The van der Waals surface area contributed by atoms with Crippen LogP contribution in [0.2, 0.25) is 0 Å². The number of fused-ring (bicyclic) bond motifs is 1. The molecule has 130 valence electrons. The van der Waals surface area contributed by atoms with Gasteiger partial charge in [-0.3, -0.25) is 4.79 Å². The second-order valence-corrected chi connectivity index (χ2v) is 8.15. The molecule has 6 nitrogen and oxygen atoms in total. The lowest BCUT2D eigenvalue weighted by Gasteiger charge is -2.25. The molecule has 1 saturated heterocycles. The molecule has 0 spiro atoms. The van der Waals surface area contributed by atoms with Crippen molar-refractivity contribution in [1.29, 1.82) is 0 Å². The standard InChI is InChI=1S/C17H21NO5S/c1-2-18(14-7-10-24(20,21)12-14)17(19)6-4-13-3-5-15-16(11-13)23-9-8-22-15/h3-6,11,14H,2,7-10,12H2,1H3/b6-4+. The van der Waals surface area contributed by atoms with E-state index in [1.807, 2.05) is 25.1 Å². The third kappa shape index (κ3) is 3.72. The van der Waals surface area contributed by atoms with Gasteiger partial charge in [-0.25, -0.2) is 8.42 Å². The Bertz CT molecular complexity index is 756. The summed E-state index contributed by atoms with van der Waals surface area (Å²) in [4.78, 5) is 14.0. The molecule has 2 heterocycles. The fourth-order valence-electron chi connectivity index (χ4n) is 3.04. The van der Waals surface area contributed by atoms with E-state index in [1.54, 1.807) is 11.0 Å². The molecule has 3 rings (SSSR count). The minimum absolute atomic E-state index is 0.0600. The largest absolute Gasteiger partial charge is 0.486 e. The molecular formula is C17H21NO5S. The number of rotatable bonds is 4. The fraction of sp³-hybridized carbons (Fsp3) is 0.471. The van der Waals surface area contributed by atoms with Gasteiger partial charge in [-0.05, 0) is 37.1 Å². The number of nitrogens with zero attached hydrogens (tertiary/aromatic N) is 1. The van der Waals surface area contributed by atoms with E-state index in [0.717, 1.165) is 5.56 Å². The average Bonchev–Trinajstić information content (AvgIpc) is 2.93. The number of carbonyl (C=O) groups is 1. The highest BCUT2D eigenvalue weighted by Gasteiger charge is 2.33. The van der Waals surface area contributed by atoms with E-state index in [9.17, 15) is 13.2 Å². The summed E-state index contributed by atoms with van der Waals surface area (Å²) in [5.74, 6) is 1.42. The number of sulfone groups is 1. The summed E-state index contributed by atoms with van der Waals surface area (Å²) in [6, 6.07) is 5.28. The minimum atomic E-state index is -3.01. The Morgan fingerprint density at radius 3 is 2.71 bits per heavy atom. The Balaban J connectivity index is 1.70. The predicted molar refractivity (Wildman–Crippen MR) is 90.9 cm³/mol. The minimum Gasteiger partial charge on any atom is -0.486 e. The van der Waals surface area contributed by atoms with Gasteiger partial charge in [-0.2, -0.15) is 0 Å². The summed E-state index contributed by atoms with van der Waals surface area (Å²) >= 11 is 0. The molecule has 2 aliphatic rings. The van der Waals surface area contributed by atoms with Crippen molar-refractivity contribution in [3.05, 3.63) is 29.8 Å². The molecule has 7 heteroatoms. The van der Waals surface area contributed by atoms with Crippen molar-refractivity contribution in [3.8, 4) is 11.5 Å². The normalized spacial score (nSPS) is 21.8. The summed E-state index contributed by atoms with van der Waals surface area (Å²) in [7, 11) is -3.01. The van der Waals surface area contributed by atoms with Gasteiger partial charge in [-0.15, -0.1) is 0 Å². The van der Waals surface area contributed by atoms with Gasteiger partial charge in [0.15, 0.2) is 21.3 Å².